The molecule has 0 aromatic heterocycles. The van der Waals surface area contributed by atoms with Crippen molar-refractivity contribution < 1.29 is 0 Å². The zero-order valence-electron chi connectivity index (χ0n) is 15.8. The summed E-state index contributed by atoms with van der Waals surface area (Å²) >= 11 is 0. The number of hydrogen-bond acceptors (Lipinski definition) is 0. The molecule has 1 rings (SSSR count). The highest BCUT2D eigenvalue weighted by atomic mass is 14.2. The summed E-state index contributed by atoms with van der Waals surface area (Å²) in [5.74, 6) is 1.10. The van der Waals surface area contributed by atoms with Crippen LogP contribution in [0.15, 0.2) is 23.3 Å². The molecule has 0 radical (unpaired) electrons. The first-order chi connectivity index (χ1) is 9.20. The van der Waals surface area contributed by atoms with E-state index < -0.39 is 0 Å². The first-order valence-electron chi connectivity index (χ1n) is 8.42. The topological polar surface area (TPSA) is 0 Å². The van der Waals surface area contributed by atoms with Gasteiger partial charge in [-0.3, -0.25) is 0 Å². The Balaban J connectivity index is -0.000000112. The Morgan fingerprint density at radius 1 is 0.909 bits per heavy atom. The van der Waals surface area contributed by atoms with Crippen molar-refractivity contribution in [3.8, 4) is 0 Å². The molecule has 0 amide bonds. The van der Waals surface area contributed by atoms with Gasteiger partial charge < -0.3 is 0 Å². The standard InChI is InChI=1S/C9H18.C7H14.C4H8.2CH4/c1-7(2)8(3)9(4,5)6;1-2-7-5-3-4-6-7;1-3-4-2;;/h1-6H3;7H,2-6H2,1H3;3-4H,1-2H3;2*1H4. The fourth-order valence-corrected chi connectivity index (χ4v) is 2.17. The van der Waals surface area contributed by atoms with Crippen LogP contribution in [0.5, 0.6) is 0 Å². The maximum Gasteiger partial charge on any atom is -0.0173 e. The van der Waals surface area contributed by atoms with Crippen LogP contribution in [-0.4, -0.2) is 0 Å². The van der Waals surface area contributed by atoms with Gasteiger partial charge in [0.15, 0.2) is 0 Å². The lowest BCUT2D eigenvalue weighted by molar-refractivity contribution is 0.498. The van der Waals surface area contributed by atoms with Gasteiger partial charge in [-0.2, -0.15) is 0 Å². The van der Waals surface area contributed by atoms with Gasteiger partial charge in [0, 0.05) is 0 Å². The fraction of sp³-hybridized carbons (Fsp3) is 0.818. The van der Waals surface area contributed by atoms with Gasteiger partial charge in [-0.1, -0.05) is 98.0 Å². The van der Waals surface area contributed by atoms with Crippen molar-refractivity contribution in [2.45, 2.75) is 109 Å². The van der Waals surface area contributed by atoms with E-state index in [2.05, 4.69) is 48.5 Å². The SMILES string of the molecule is C.C.CC(C)=C(C)C(C)(C)C.CC=CC.CCC1CCCC1. The van der Waals surface area contributed by atoms with Crippen molar-refractivity contribution in [3.63, 3.8) is 0 Å². The second kappa shape index (κ2) is 16.8. The molecule has 0 bridgehead atoms. The highest BCUT2D eigenvalue weighted by Gasteiger charge is 2.12. The molecule has 0 heterocycles. The van der Waals surface area contributed by atoms with Crippen LogP contribution in [-0.2, 0) is 0 Å². The van der Waals surface area contributed by atoms with Gasteiger partial charge in [0.2, 0.25) is 0 Å². The van der Waals surface area contributed by atoms with Gasteiger partial charge in [0.25, 0.3) is 0 Å². The van der Waals surface area contributed by atoms with E-state index in [4.69, 9.17) is 0 Å². The molecule has 0 aromatic rings. The molecule has 0 aromatic carbocycles. The van der Waals surface area contributed by atoms with E-state index in [1.54, 1.807) is 0 Å². The van der Waals surface area contributed by atoms with Crippen LogP contribution in [0.3, 0.4) is 0 Å². The van der Waals surface area contributed by atoms with Crippen molar-refractivity contribution in [3.05, 3.63) is 23.3 Å². The molecule has 0 nitrogen and oxygen atoms in total. The first-order valence-corrected chi connectivity index (χ1v) is 8.42. The predicted octanol–water partition coefficient (Wildman–Crippen LogP) is 8.83. The summed E-state index contributed by atoms with van der Waals surface area (Å²) in [6.07, 6.45) is 11.4. The molecule has 0 N–H and O–H groups in total. The van der Waals surface area contributed by atoms with Crippen LogP contribution >= 0.6 is 0 Å². The third-order valence-corrected chi connectivity index (χ3v) is 4.26. The summed E-state index contributed by atoms with van der Waals surface area (Å²) in [5, 5.41) is 0. The number of allylic oxidation sites excluding steroid dienone is 4. The third kappa shape index (κ3) is 17.5. The molecular weight excluding hydrogens is 264 g/mol. The molecule has 0 unspecified atom stereocenters. The molecule has 0 aliphatic heterocycles. The maximum atomic E-state index is 2.30. The average molecular weight is 313 g/mol. The van der Waals surface area contributed by atoms with Crippen LogP contribution in [0, 0.1) is 11.3 Å². The fourth-order valence-electron chi connectivity index (χ4n) is 2.17. The molecule has 0 heteroatoms. The highest BCUT2D eigenvalue weighted by Crippen LogP contribution is 2.27. The quantitative estimate of drug-likeness (QED) is 0.424. The summed E-state index contributed by atoms with van der Waals surface area (Å²) in [6, 6.07) is 0. The Hall–Kier alpha value is -0.520. The Bertz CT molecular complexity index is 259. The molecular formula is C22H48. The van der Waals surface area contributed by atoms with Crippen molar-refractivity contribution in [2.24, 2.45) is 11.3 Å². The predicted molar refractivity (Wildman–Crippen MR) is 110 cm³/mol. The van der Waals surface area contributed by atoms with Crippen LogP contribution < -0.4 is 0 Å². The molecule has 1 aliphatic carbocycles. The van der Waals surface area contributed by atoms with Gasteiger partial charge in [0.1, 0.15) is 0 Å². The Morgan fingerprint density at radius 2 is 1.27 bits per heavy atom. The van der Waals surface area contributed by atoms with Crippen molar-refractivity contribution in [1.29, 1.82) is 0 Å². The van der Waals surface area contributed by atoms with Gasteiger partial charge in [-0.15, -0.1) is 0 Å². The molecule has 0 atom stereocenters. The molecule has 1 fully saturated rings. The minimum Gasteiger partial charge on any atom is -0.0919 e. The zero-order valence-corrected chi connectivity index (χ0v) is 15.8. The third-order valence-electron chi connectivity index (χ3n) is 4.26. The summed E-state index contributed by atoms with van der Waals surface area (Å²) in [5.41, 5.74) is 3.31. The van der Waals surface area contributed by atoms with Crippen molar-refractivity contribution in [2.75, 3.05) is 0 Å². The summed E-state index contributed by atoms with van der Waals surface area (Å²) < 4.78 is 0. The molecule has 0 spiro atoms. The maximum absolute atomic E-state index is 2.30. The van der Waals surface area contributed by atoms with Gasteiger partial charge in [0.05, 0.1) is 0 Å². The second-order valence-corrected chi connectivity index (χ2v) is 7.10. The van der Waals surface area contributed by atoms with E-state index in [0.29, 0.717) is 5.41 Å². The monoisotopic (exact) mass is 312 g/mol. The van der Waals surface area contributed by atoms with Gasteiger partial charge >= 0.3 is 0 Å². The lowest BCUT2D eigenvalue weighted by atomic mass is 9.85. The molecule has 22 heavy (non-hydrogen) atoms. The van der Waals surface area contributed by atoms with Crippen LogP contribution in [0.1, 0.15) is 109 Å². The lowest BCUT2D eigenvalue weighted by Gasteiger charge is -2.20. The van der Waals surface area contributed by atoms with Gasteiger partial charge in [-0.25, -0.2) is 0 Å². The Morgan fingerprint density at radius 3 is 1.36 bits per heavy atom. The smallest absolute Gasteiger partial charge is 0.0173 e. The van der Waals surface area contributed by atoms with Crippen molar-refractivity contribution >= 4 is 0 Å². The van der Waals surface area contributed by atoms with Gasteiger partial charge in [-0.05, 0) is 46.0 Å². The summed E-state index contributed by atoms with van der Waals surface area (Å²) in [6.45, 7) is 19.6. The van der Waals surface area contributed by atoms with Crippen LogP contribution in [0.2, 0.25) is 0 Å². The number of hydrogen-bond donors (Lipinski definition) is 0. The molecule has 0 saturated heterocycles. The summed E-state index contributed by atoms with van der Waals surface area (Å²) in [7, 11) is 0. The molecule has 136 valence electrons. The van der Waals surface area contributed by atoms with E-state index in [1.807, 2.05) is 26.0 Å². The Labute approximate surface area is 144 Å². The van der Waals surface area contributed by atoms with E-state index in [-0.39, 0.29) is 14.9 Å². The van der Waals surface area contributed by atoms with Crippen LogP contribution in [0.25, 0.3) is 0 Å². The Kier molecular flexibility index (Phi) is 22.6. The van der Waals surface area contributed by atoms with E-state index in [0.717, 1.165) is 5.92 Å². The van der Waals surface area contributed by atoms with E-state index in [1.165, 1.54) is 43.3 Å². The van der Waals surface area contributed by atoms with E-state index in [9.17, 15) is 0 Å². The minimum absolute atomic E-state index is 0. The molecule has 1 saturated carbocycles. The summed E-state index contributed by atoms with van der Waals surface area (Å²) in [4.78, 5) is 0. The first kappa shape index (κ1) is 29.5. The van der Waals surface area contributed by atoms with E-state index >= 15 is 0 Å². The lowest BCUT2D eigenvalue weighted by Crippen LogP contribution is -2.07. The van der Waals surface area contributed by atoms with Crippen LogP contribution in [0.4, 0.5) is 0 Å². The minimum atomic E-state index is 0. The van der Waals surface area contributed by atoms with Crippen molar-refractivity contribution in [1.82, 2.24) is 0 Å². The second-order valence-electron chi connectivity index (χ2n) is 7.10. The largest absolute Gasteiger partial charge is 0.0919 e. The zero-order chi connectivity index (χ0) is 16.2. The average Bonchev–Trinajstić information content (AvgIpc) is 2.90. The number of rotatable bonds is 1. The normalized spacial score (nSPS) is 13.9. The molecule has 1 aliphatic rings. The highest BCUT2D eigenvalue weighted by molar-refractivity contribution is 5.13.